The van der Waals surface area contributed by atoms with Gasteiger partial charge in [0.25, 0.3) is 0 Å². The first-order valence-electron chi connectivity index (χ1n) is 5.88. The molecule has 0 spiro atoms. The summed E-state index contributed by atoms with van der Waals surface area (Å²) in [5.41, 5.74) is -0.634. The minimum atomic E-state index is -1.30. The lowest BCUT2D eigenvalue weighted by molar-refractivity contribution is -0.153. The Morgan fingerprint density at radius 2 is 1.76 bits per heavy atom. The van der Waals surface area contributed by atoms with Crippen LogP contribution in [0.2, 0.25) is 0 Å². The van der Waals surface area contributed by atoms with Gasteiger partial charge in [-0.2, -0.15) is 0 Å². The predicted octanol–water partition coefficient (Wildman–Crippen LogP) is 2.64. The standard InChI is InChI=1S/C14H20O3/c1-10(2)9-14(17,11(3)13(15)16)12-7-5-4-6-8-12/h4-8,10-11,17H,9H2,1-3H3,(H,15,16). The molecule has 0 radical (unpaired) electrons. The van der Waals surface area contributed by atoms with Crippen molar-refractivity contribution in [1.29, 1.82) is 0 Å². The van der Waals surface area contributed by atoms with Crippen molar-refractivity contribution in [2.75, 3.05) is 0 Å². The molecule has 0 heterocycles. The SMILES string of the molecule is CC(C)CC(O)(c1ccccc1)C(C)C(=O)O. The maximum Gasteiger partial charge on any atom is 0.309 e. The van der Waals surface area contributed by atoms with E-state index in [1.165, 1.54) is 0 Å². The Kier molecular flexibility index (Phi) is 4.29. The summed E-state index contributed by atoms with van der Waals surface area (Å²) in [6, 6.07) is 9.04. The smallest absolute Gasteiger partial charge is 0.309 e. The van der Waals surface area contributed by atoms with E-state index < -0.39 is 17.5 Å². The van der Waals surface area contributed by atoms with Crippen LogP contribution in [0, 0.1) is 11.8 Å². The fourth-order valence-corrected chi connectivity index (χ4v) is 2.10. The van der Waals surface area contributed by atoms with Gasteiger partial charge in [0.2, 0.25) is 0 Å². The van der Waals surface area contributed by atoms with Crippen molar-refractivity contribution in [3.05, 3.63) is 35.9 Å². The first-order chi connectivity index (χ1) is 7.88. The molecule has 94 valence electrons. The topological polar surface area (TPSA) is 57.5 Å². The van der Waals surface area contributed by atoms with Gasteiger partial charge < -0.3 is 10.2 Å². The summed E-state index contributed by atoms with van der Waals surface area (Å²) in [5, 5.41) is 19.8. The number of carbonyl (C=O) groups is 1. The lowest BCUT2D eigenvalue weighted by Crippen LogP contribution is -2.39. The second-order valence-electron chi connectivity index (χ2n) is 4.95. The zero-order chi connectivity index (χ0) is 13.1. The molecule has 0 saturated heterocycles. The second kappa shape index (κ2) is 5.32. The molecule has 0 aliphatic carbocycles. The maximum atomic E-state index is 11.1. The number of aliphatic carboxylic acids is 1. The van der Waals surface area contributed by atoms with Crippen molar-refractivity contribution < 1.29 is 15.0 Å². The van der Waals surface area contributed by atoms with E-state index in [1.54, 1.807) is 19.1 Å². The molecular weight excluding hydrogens is 216 g/mol. The number of hydrogen-bond donors (Lipinski definition) is 2. The number of carboxylic acid groups (broad SMARTS) is 1. The van der Waals surface area contributed by atoms with Crippen molar-refractivity contribution in [2.45, 2.75) is 32.8 Å². The van der Waals surface area contributed by atoms with Crippen molar-refractivity contribution in [2.24, 2.45) is 11.8 Å². The first-order valence-corrected chi connectivity index (χ1v) is 5.88. The molecule has 1 aromatic carbocycles. The summed E-state index contributed by atoms with van der Waals surface area (Å²) in [6.45, 7) is 5.50. The first kappa shape index (κ1) is 13.7. The molecule has 0 saturated carbocycles. The molecule has 0 bridgehead atoms. The zero-order valence-corrected chi connectivity index (χ0v) is 10.6. The van der Waals surface area contributed by atoms with Gasteiger partial charge in [-0.15, -0.1) is 0 Å². The van der Waals surface area contributed by atoms with E-state index in [0.29, 0.717) is 12.0 Å². The molecule has 0 amide bonds. The van der Waals surface area contributed by atoms with Crippen LogP contribution in [-0.2, 0) is 10.4 Å². The zero-order valence-electron chi connectivity index (χ0n) is 10.6. The molecule has 0 aromatic heterocycles. The number of benzene rings is 1. The van der Waals surface area contributed by atoms with Crippen LogP contribution in [0.4, 0.5) is 0 Å². The number of aliphatic hydroxyl groups is 1. The lowest BCUT2D eigenvalue weighted by Gasteiger charge is -2.34. The lowest BCUT2D eigenvalue weighted by atomic mass is 9.77. The van der Waals surface area contributed by atoms with Crippen LogP contribution in [0.3, 0.4) is 0 Å². The average molecular weight is 236 g/mol. The summed E-state index contributed by atoms with van der Waals surface area (Å²) in [7, 11) is 0. The monoisotopic (exact) mass is 236 g/mol. The highest BCUT2D eigenvalue weighted by Gasteiger charge is 2.40. The predicted molar refractivity (Wildman–Crippen MR) is 66.6 cm³/mol. The number of hydrogen-bond acceptors (Lipinski definition) is 2. The van der Waals surface area contributed by atoms with Gasteiger partial charge in [-0.25, -0.2) is 0 Å². The fraction of sp³-hybridized carbons (Fsp3) is 0.500. The third-order valence-electron chi connectivity index (χ3n) is 3.08. The Balaban J connectivity index is 3.15. The van der Waals surface area contributed by atoms with Gasteiger partial charge in [-0.1, -0.05) is 44.2 Å². The maximum absolute atomic E-state index is 11.1. The van der Waals surface area contributed by atoms with E-state index in [2.05, 4.69) is 0 Å². The van der Waals surface area contributed by atoms with Crippen LogP contribution in [0.25, 0.3) is 0 Å². The van der Waals surface area contributed by atoms with Gasteiger partial charge in [0.1, 0.15) is 5.60 Å². The number of carboxylic acids is 1. The molecular formula is C14H20O3. The van der Waals surface area contributed by atoms with E-state index in [0.717, 1.165) is 0 Å². The average Bonchev–Trinajstić information content (AvgIpc) is 2.28. The van der Waals surface area contributed by atoms with E-state index in [9.17, 15) is 9.90 Å². The van der Waals surface area contributed by atoms with E-state index in [1.807, 2.05) is 32.0 Å². The summed E-state index contributed by atoms with van der Waals surface area (Å²) in [6.07, 6.45) is 0.435. The largest absolute Gasteiger partial charge is 0.481 e. The van der Waals surface area contributed by atoms with Crippen molar-refractivity contribution >= 4 is 5.97 Å². The van der Waals surface area contributed by atoms with Gasteiger partial charge in [0.05, 0.1) is 5.92 Å². The Morgan fingerprint density at radius 3 is 2.18 bits per heavy atom. The van der Waals surface area contributed by atoms with Crippen molar-refractivity contribution in [3.8, 4) is 0 Å². The molecule has 2 N–H and O–H groups in total. The van der Waals surface area contributed by atoms with Gasteiger partial charge in [0, 0.05) is 0 Å². The van der Waals surface area contributed by atoms with Crippen LogP contribution in [0.15, 0.2) is 30.3 Å². The molecule has 3 heteroatoms. The summed E-state index contributed by atoms with van der Waals surface area (Å²) in [4.78, 5) is 11.1. The Hall–Kier alpha value is -1.35. The van der Waals surface area contributed by atoms with Crippen LogP contribution in [0.1, 0.15) is 32.8 Å². The molecule has 1 rings (SSSR count). The van der Waals surface area contributed by atoms with Crippen LogP contribution in [0.5, 0.6) is 0 Å². The van der Waals surface area contributed by atoms with Crippen molar-refractivity contribution in [1.82, 2.24) is 0 Å². The van der Waals surface area contributed by atoms with E-state index in [-0.39, 0.29) is 5.92 Å². The summed E-state index contributed by atoms with van der Waals surface area (Å²) < 4.78 is 0. The van der Waals surface area contributed by atoms with Gasteiger partial charge in [-0.3, -0.25) is 4.79 Å². The van der Waals surface area contributed by atoms with Crippen LogP contribution >= 0.6 is 0 Å². The normalized spacial score (nSPS) is 16.5. The summed E-state index contributed by atoms with van der Waals surface area (Å²) >= 11 is 0. The molecule has 1 aromatic rings. The molecule has 2 atom stereocenters. The molecule has 17 heavy (non-hydrogen) atoms. The fourth-order valence-electron chi connectivity index (χ4n) is 2.10. The Morgan fingerprint density at radius 1 is 1.24 bits per heavy atom. The minimum Gasteiger partial charge on any atom is -0.481 e. The van der Waals surface area contributed by atoms with Crippen LogP contribution < -0.4 is 0 Å². The van der Waals surface area contributed by atoms with Crippen molar-refractivity contribution in [3.63, 3.8) is 0 Å². The molecule has 0 aliphatic heterocycles. The summed E-state index contributed by atoms with van der Waals surface area (Å²) in [5.74, 6) is -1.58. The number of rotatable bonds is 5. The van der Waals surface area contributed by atoms with Gasteiger partial charge >= 0.3 is 5.97 Å². The molecule has 3 nitrogen and oxygen atoms in total. The Labute approximate surface area is 102 Å². The molecule has 0 fully saturated rings. The van der Waals surface area contributed by atoms with Gasteiger partial charge in [0.15, 0.2) is 0 Å². The highest BCUT2D eigenvalue weighted by Crippen LogP contribution is 2.35. The van der Waals surface area contributed by atoms with E-state index >= 15 is 0 Å². The highest BCUT2D eigenvalue weighted by atomic mass is 16.4. The van der Waals surface area contributed by atoms with Crippen LogP contribution in [-0.4, -0.2) is 16.2 Å². The quantitative estimate of drug-likeness (QED) is 0.826. The minimum absolute atomic E-state index is 0.224. The highest BCUT2D eigenvalue weighted by molar-refractivity contribution is 5.71. The van der Waals surface area contributed by atoms with E-state index in [4.69, 9.17) is 5.11 Å². The second-order valence-corrected chi connectivity index (χ2v) is 4.95. The Bertz CT molecular complexity index is 372. The molecule has 0 aliphatic rings. The third-order valence-corrected chi connectivity index (χ3v) is 3.08. The van der Waals surface area contributed by atoms with Gasteiger partial charge in [-0.05, 0) is 24.8 Å². The third kappa shape index (κ3) is 3.07. The molecule has 2 unspecified atom stereocenters.